The summed E-state index contributed by atoms with van der Waals surface area (Å²) in [7, 11) is 1.79. The molecule has 1 aromatic rings. The Balaban J connectivity index is 1.88. The van der Waals surface area contributed by atoms with E-state index in [-0.39, 0.29) is 23.2 Å². The number of hydrogen-bond acceptors (Lipinski definition) is 4. The first-order valence-electron chi connectivity index (χ1n) is 6.82. The van der Waals surface area contributed by atoms with Crippen LogP contribution in [0.5, 0.6) is 0 Å². The van der Waals surface area contributed by atoms with Gasteiger partial charge in [-0.1, -0.05) is 26.0 Å². The maximum Gasteiger partial charge on any atom is 0.358 e. The van der Waals surface area contributed by atoms with Crippen LogP contribution in [0.1, 0.15) is 37.3 Å². The minimum atomic E-state index is -1.10. The van der Waals surface area contributed by atoms with E-state index in [2.05, 4.69) is 31.1 Å². The number of carboxylic acids is 1. The lowest BCUT2D eigenvalue weighted by atomic mass is 9.96. The van der Waals surface area contributed by atoms with Gasteiger partial charge in [0.2, 0.25) is 0 Å². The van der Waals surface area contributed by atoms with Gasteiger partial charge in [0, 0.05) is 26.7 Å². The number of carboxylic acid groups (broad SMARTS) is 1. The summed E-state index contributed by atoms with van der Waals surface area (Å²) in [5, 5.41) is 16.2. The fourth-order valence-corrected chi connectivity index (χ4v) is 2.35. The summed E-state index contributed by atoms with van der Waals surface area (Å²) in [6, 6.07) is -0.0164. The van der Waals surface area contributed by atoms with Gasteiger partial charge in [-0.25, -0.2) is 14.3 Å². The summed E-state index contributed by atoms with van der Waals surface area (Å²) in [4.78, 5) is 26.4. The van der Waals surface area contributed by atoms with E-state index in [1.807, 2.05) is 0 Å². The number of aromatic carboxylic acids is 1. The van der Waals surface area contributed by atoms with Crippen molar-refractivity contribution in [3.8, 4) is 0 Å². The van der Waals surface area contributed by atoms with E-state index in [4.69, 9.17) is 5.11 Å². The number of carbonyl (C=O) groups excluding carboxylic acids is 1. The second kappa shape index (κ2) is 5.34. The molecule has 0 spiro atoms. The molecule has 8 heteroatoms. The largest absolute Gasteiger partial charge is 0.476 e. The lowest BCUT2D eigenvalue weighted by Crippen LogP contribution is -2.55. The van der Waals surface area contributed by atoms with E-state index in [0.717, 1.165) is 0 Å². The third-order valence-corrected chi connectivity index (χ3v) is 3.27. The van der Waals surface area contributed by atoms with Crippen molar-refractivity contribution in [2.75, 3.05) is 26.7 Å². The quantitative estimate of drug-likeness (QED) is 0.895. The highest BCUT2D eigenvalue weighted by atomic mass is 16.4. The summed E-state index contributed by atoms with van der Waals surface area (Å²) in [5.74, 6) is -1.10. The van der Waals surface area contributed by atoms with E-state index in [1.54, 1.807) is 16.8 Å². The lowest BCUT2D eigenvalue weighted by molar-refractivity contribution is 0.0689. The Labute approximate surface area is 123 Å². The number of rotatable bonds is 3. The van der Waals surface area contributed by atoms with Gasteiger partial charge in [0.1, 0.15) is 0 Å². The van der Waals surface area contributed by atoms with Crippen molar-refractivity contribution in [3.63, 3.8) is 0 Å². The van der Waals surface area contributed by atoms with Gasteiger partial charge in [0.15, 0.2) is 5.69 Å². The molecule has 8 nitrogen and oxygen atoms in total. The normalized spacial score (nSPS) is 15.7. The second-order valence-electron chi connectivity index (χ2n) is 6.65. The highest BCUT2D eigenvalue weighted by molar-refractivity contribution is 5.84. The van der Waals surface area contributed by atoms with Gasteiger partial charge < -0.3 is 14.9 Å². The number of amides is 2. The minimum Gasteiger partial charge on any atom is -0.476 e. The lowest BCUT2D eigenvalue weighted by Gasteiger charge is -2.41. The maximum atomic E-state index is 12.2. The number of nitrogens with zero attached hydrogens (tertiary/aromatic N) is 5. The highest BCUT2D eigenvalue weighted by Gasteiger charge is 2.35. The molecule has 0 bridgehead atoms. The van der Waals surface area contributed by atoms with Crippen molar-refractivity contribution in [1.29, 1.82) is 0 Å². The zero-order valence-electron chi connectivity index (χ0n) is 12.8. The van der Waals surface area contributed by atoms with E-state index in [0.29, 0.717) is 19.6 Å². The Kier molecular flexibility index (Phi) is 3.89. The van der Waals surface area contributed by atoms with Crippen LogP contribution in [0.25, 0.3) is 0 Å². The molecule has 0 radical (unpaired) electrons. The Morgan fingerprint density at radius 2 is 2.05 bits per heavy atom. The first-order chi connectivity index (χ1) is 9.67. The predicted octanol–water partition coefficient (Wildman–Crippen LogP) is 0.931. The molecule has 1 saturated heterocycles. The van der Waals surface area contributed by atoms with Crippen LogP contribution in [-0.2, 0) is 0 Å². The molecule has 0 aliphatic carbocycles. The van der Waals surface area contributed by atoms with Gasteiger partial charge in [0.05, 0.1) is 12.2 Å². The van der Waals surface area contributed by atoms with Crippen LogP contribution in [0.2, 0.25) is 0 Å². The van der Waals surface area contributed by atoms with Crippen LogP contribution in [0.4, 0.5) is 4.79 Å². The van der Waals surface area contributed by atoms with Crippen LogP contribution in [0.15, 0.2) is 6.20 Å². The summed E-state index contributed by atoms with van der Waals surface area (Å²) in [6.45, 7) is 7.97. The fraction of sp³-hybridized carbons (Fsp3) is 0.692. The third kappa shape index (κ3) is 3.50. The number of aromatic nitrogens is 3. The van der Waals surface area contributed by atoms with Gasteiger partial charge in [-0.05, 0) is 5.41 Å². The Bertz CT molecular complexity index is 542. The van der Waals surface area contributed by atoms with Gasteiger partial charge in [-0.3, -0.25) is 0 Å². The Morgan fingerprint density at radius 3 is 2.52 bits per heavy atom. The fourth-order valence-electron chi connectivity index (χ4n) is 2.35. The number of likely N-dealkylation sites (tertiary alicyclic amines) is 1. The van der Waals surface area contributed by atoms with E-state index in [1.165, 1.54) is 10.9 Å². The van der Waals surface area contributed by atoms with Crippen molar-refractivity contribution in [2.45, 2.75) is 26.8 Å². The van der Waals surface area contributed by atoms with Crippen molar-refractivity contribution >= 4 is 12.0 Å². The molecule has 0 unspecified atom stereocenters. The zero-order valence-corrected chi connectivity index (χ0v) is 12.8. The van der Waals surface area contributed by atoms with E-state index >= 15 is 0 Å². The number of hydrogen-bond donors (Lipinski definition) is 1. The molecule has 1 aromatic heterocycles. The summed E-state index contributed by atoms with van der Waals surface area (Å²) in [6.07, 6.45) is 1.40. The molecule has 0 atom stereocenters. The number of urea groups is 1. The standard InChI is InChI=1S/C13H21N5O3/c1-13(2,3)8-16(4)12(21)17-5-9(6-17)18-7-10(11(19)20)14-15-18/h7,9H,5-6,8H2,1-4H3,(H,19,20). The highest BCUT2D eigenvalue weighted by Crippen LogP contribution is 2.23. The zero-order chi connectivity index (χ0) is 15.8. The van der Waals surface area contributed by atoms with Gasteiger partial charge in [0.25, 0.3) is 0 Å². The molecular weight excluding hydrogens is 274 g/mol. The van der Waals surface area contributed by atoms with Crippen molar-refractivity contribution < 1.29 is 14.7 Å². The molecule has 0 saturated carbocycles. The monoisotopic (exact) mass is 295 g/mol. The van der Waals surface area contributed by atoms with E-state index < -0.39 is 5.97 Å². The van der Waals surface area contributed by atoms with E-state index in [9.17, 15) is 9.59 Å². The van der Waals surface area contributed by atoms with Crippen molar-refractivity contribution in [3.05, 3.63) is 11.9 Å². The number of carbonyl (C=O) groups is 2. The average molecular weight is 295 g/mol. The molecule has 2 rings (SSSR count). The molecule has 2 heterocycles. The summed E-state index contributed by atoms with van der Waals surface area (Å²) in [5.41, 5.74) is -0.0265. The Morgan fingerprint density at radius 1 is 1.43 bits per heavy atom. The summed E-state index contributed by atoms with van der Waals surface area (Å²) >= 11 is 0. The topological polar surface area (TPSA) is 91.6 Å². The van der Waals surface area contributed by atoms with Crippen molar-refractivity contribution in [1.82, 2.24) is 24.8 Å². The molecule has 1 aliphatic heterocycles. The molecule has 21 heavy (non-hydrogen) atoms. The average Bonchev–Trinajstić information content (AvgIpc) is 2.73. The van der Waals surface area contributed by atoms with Crippen LogP contribution >= 0.6 is 0 Å². The van der Waals surface area contributed by atoms with Crippen molar-refractivity contribution in [2.24, 2.45) is 5.41 Å². The first kappa shape index (κ1) is 15.3. The smallest absolute Gasteiger partial charge is 0.358 e. The first-order valence-corrected chi connectivity index (χ1v) is 6.82. The molecule has 1 N–H and O–H groups in total. The molecular formula is C13H21N5O3. The van der Waals surface area contributed by atoms with Crippen LogP contribution in [0, 0.1) is 5.41 Å². The third-order valence-electron chi connectivity index (χ3n) is 3.27. The second-order valence-corrected chi connectivity index (χ2v) is 6.65. The Hall–Kier alpha value is -2.12. The molecule has 0 aromatic carbocycles. The molecule has 1 fully saturated rings. The molecule has 116 valence electrons. The summed E-state index contributed by atoms with van der Waals surface area (Å²) < 4.78 is 1.51. The van der Waals surface area contributed by atoms with Crippen LogP contribution < -0.4 is 0 Å². The van der Waals surface area contributed by atoms with Gasteiger partial charge >= 0.3 is 12.0 Å². The molecule has 1 aliphatic rings. The predicted molar refractivity (Wildman–Crippen MR) is 75.1 cm³/mol. The van der Waals surface area contributed by atoms with Gasteiger partial charge in [-0.15, -0.1) is 5.10 Å². The molecule has 2 amide bonds. The van der Waals surface area contributed by atoms with Gasteiger partial charge in [-0.2, -0.15) is 0 Å². The van der Waals surface area contributed by atoms with Crippen LogP contribution in [-0.4, -0.2) is 68.6 Å². The SMILES string of the molecule is CN(CC(C)(C)C)C(=O)N1CC(n2cc(C(=O)O)nn2)C1. The minimum absolute atomic E-state index is 0.00223. The maximum absolute atomic E-state index is 12.2. The van der Waals surface area contributed by atoms with Crippen LogP contribution in [0.3, 0.4) is 0 Å².